The topological polar surface area (TPSA) is 65.1 Å². The van der Waals surface area contributed by atoms with Crippen molar-refractivity contribution in [2.75, 3.05) is 18.2 Å². The minimum Gasteiger partial charge on any atom is -0.481 e. The summed E-state index contributed by atoms with van der Waals surface area (Å²) in [7, 11) is 3.45. The third-order valence-electron chi connectivity index (χ3n) is 2.59. The number of hydrogen-bond acceptors (Lipinski definition) is 4. The Balaban J connectivity index is 2.22. The molecule has 5 nitrogen and oxygen atoms in total. The highest BCUT2D eigenvalue weighted by Crippen LogP contribution is 2.22. The number of aryl methyl sites for hydroxylation is 2. The van der Waals surface area contributed by atoms with E-state index in [0.29, 0.717) is 5.88 Å². The number of rotatable bonds is 3. The Labute approximate surface area is 100 Å². The molecule has 0 bridgehead atoms. The zero-order valence-electron chi connectivity index (χ0n) is 10.2. The first-order chi connectivity index (χ1) is 8.10. The fourth-order valence-electron chi connectivity index (χ4n) is 1.60. The van der Waals surface area contributed by atoms with Crippen molar-refractivity contribution in [2.24, 2.45) is 7.05 Å². The SMILES string of the molecule is COc1cc(Nc2ccc(N)c(C)c2)nn1C. The predicted molar refractivity (Wildman–Crippen MR) is 68.6 cm³/mol. The molecule has 0 aliphatic heterocycles. The molecular formula is C12H16N4O. The predicted octanol–water partition coefficient (Wildman–Crippen LogP) is 2.06. The molecule has 0 amide bonds. The van der Waals surface area contributed by atoms with Gasteiger partial charge in [0.1, 0.15) is 0 Å². The van der Waals surface area contributed by atoms with Crippen LogP contribution in [0.1, 0.15) is 5.56 Å². The zero-order chi connectivity index (χ0) is 12.4. The molecule has 90 valence electrons. The van der Waals surface area contributed by atoms with Gasteiger partial charge < -0.3 is 15.8 Å². The van der Waals surface area contributed by atoms with Crippen LogP contribution in [0, 0.1) is 6.92 Å². The molecule has 3 N–H and O–H groups in total. The summed E-state index contributed by atoms with van der Waals surface area (Å²) in [6.45, 7) is 1.97. The molecule has 0 saturated heterocycles. The van der Waals surface area contributed by atoms with Gasteiger partial charge in [0, 0.05) is 24.5 Å². The highest BCUT2D eigenvalue weighted by atomic mass is 16.5. The molecule has 2 rings (SSSR count). The molecule has 1 heterocycles. The minimum absolute atomic E-state index is 0.708. The van der Waals surface area contributed by atoms with E-state index in [-0.39, 0.29) is 0 Å². The van der Waals surface area contributed by atoms with E-state index in [0.717, 1.165) is 22.8 Å². The number of nitrogens with zero attached hydrogens (tertiary/aromatic N) is 2. The summed E-state index contributed by atoms with van der Waals surface area (Å²) in [6, 6.07) is 7.61. The van der Waals surface area contributed by atoms with Crippen molar-refractivity contribution in [3.8, 4) is 5.88 Å². The monoisotopic (exact) mass is 232 g/mol. The Hall–Kier alpha value is -2.17. The van der Waals surface area contributed by atoms with Crippen molar-refractivity contribution < 1.29 is 4.74 Å². The van der Waals surface area contributed by atoms with E-state index in [1.165, 1.54) is 0 Å². The molecule has 0 aliphatic rings. The number of nitrogens with two attached hydrogens (primary N) is 1. The Morgan fingerprint density at radius 2 is 2.12 bits per heavy atom. The minimum atomic E-state index is 0.708. The number of nitrogens with one attached hydrogen (secondary N) is 1. The van der Waals surface area contributed by atoms with Crippen LogP contribution in [0.4, 0.5) is 17.2 Å². The number of nitrogen functional groups attached to an aromatic ring is 1. The summed E-state index contributed by atoms with van der Waals surface area (Å²) >= 11 is 0. The van der Waals surface area contributed by atoms with E-state index >= 15 is 0 Å². The Bertz CT molecular complexity index is 533. The van der Waals surface area contributed by atoms with Crippen molar-refractivity contribution >= 4 is 17.2 Å². The van der Waals surface area contributed by atoms with E-state index in [9.17, 15) is 0 Å². The van der Waals surface area contributed by atoms with Gasteiger partial charge in [-0.2, -0.15) is 5.10 Å². The van der Waals surface area contributed by atoms with Crippen molar-refractivity contribution in [3.63, 3.8) is 0 Å². The normalized spacial score (nSPS) is 10.3. The Morgan fingerprint density at radius 1 is 1.35 bits per heavy atom. The maximum atomic E-state index is 5.76. The summed E-state index contributed by atoms with van der Waals surface area (Å²) in [4.78, 5) is 0. The Morgan fingerprint density at radius 3 is 2.71 bits per heavy atom. The van der Waals surface area contributed by atoms with Crippen LogP contribution in [0.5, 0.6) is 5.88 Å². The summed E-state index contributed by atoms with van der Waals surface area (Å²) in [5, 5.41) is 7.48. The average Bonchev–Trinajstić information content (AvgIpc) is 2.64. The van der Waals surface area contributed by atoms with Crippen molar-refractivity contribution in [1.82, 2.24) is 9.78 Å². The summed E-state index contributed by atoms with van der Waals surface area (Å²) in [5.74, 6) is 1.45. The number of benzene rings is 1. The highest BCUT2D eigenvalue weighted by molar-refractivity contribution is 5.62. The van der Waals surface area contributed by atoms with Crippen LogP contribution in [-0.4, -0.2) is 16.9 Å². The van der Waals surface area contributed by atoms with Gasteiger partial charge in [-0.15, -0.1) is 0 Å². The van der Waals surface area contributed by atoms with Crippen LogP contribution in [-0.2, 0) is 7.05 Å². The lowest BCUT2D eigenvalue weighted by Gasteiger charge is -2.05. The fourth-order valence-corrected chi connectivity index (χ4v) is 1.60. The van der Waals surface area contributed by atoms with Crippen LogP contribution >= 0.6 is 0 Å². The van der Waals surface area contributed by atoms with Crippen molar-refractivity contribution in [3.05, 3.63) is 29.8 Å². The zero-order valence-corrected chi connectivity index (χ0v) is 10.2. The second-order valence-corrected chi connectivity index (χ2v) is 3.89. The van der Waals surface area contributed by atoms with Gasteiger partial charge in [0.2, 0.25) is 5.88 Å². The van der Waals surface area contributed by atoms with E-state index in [2.05, 4.69) is 10.4 Å². The molecule has 0 aliphatic carbocycles. The van der Waals surface area contributed by atoms with Crippen LogP contribution in [0.3, 0.4) is 0 Å². The number of methoxy groups -OCH3 is 1. The lowest BCUT2D eigenvalue weighted by atomic mass is 10.2. The molecule has 0 fully saturated rings. The lowest BCUT2D eigenvalue weighted by Crippen LogP contribution is -1.97. The van der Waals surface area contributed by atoms with E-state index in [1.807, 2.05) is 38.2 Å². The lowest BCUT2D eigenvalue weighted by molar-refractivity contribution is 0.373. The van der Waals surface area contributed by atoms with Gasteiger partial charge in [0.25, 0.3) is 0 Å². The van der Waals surface area contributed by atoms with Crippen LogP contribution in [0.15, 0.2) is 24.3 Å². The molecular weight excluding hydrogens is 216 g/mol. The van der Waals surface area contributed by atoms with Crippen molar-refractivity contribution in [1.29, 1.82) is 0 Å². The standard InChI is InChI=1S/C12H16N4O/c1-8-6-9(4-5-10(8)13)14-11-7-12(17-3)16(2)15-11/h4-7H,13H2,1-3H3,(H,14,15). The third-order valence-corrected chi connectivity index (χ3v) is 2.59. The van der Waals surface area contributed by atoms with Crippen LogP contribution < -0.4 is 15.8 Å². The molecule has 0 unspecified atom stereocenters. The first-order valence-electron chi connectivity index (χ1n) is 5.31. The maximum Gasteiger partial charge on any atom is 0.213 e. The molecule has 17 heavy (non-hydrogen) atoms. The first-order valence-corrected chi connectivity index (χ1v) is 5.31. The molecule has 5 heteroatoms. The second-order valence-electron chi connectivity index (χ2n) is 3.89. The molecule has 1 aromatic heterocycles. The molecule has 2 aromatic rings. The third kappa shape index (κ3) is 2.33. The quantitative estimate of drug-likeness (QED) is 0.795. The van der Waals surface area contributed by atoms with E-state index in [4.69, 9.17) is 10.5 Å². The number of aromatic nitrogens is 2. The van der Waals surface area contributed by atoms with Gasteiger partial charge in [0.15, 0.2) is 5.82 Å². The van der Waals surface area contributed by atoms with Gasteiger partial charge >= 0.3 is 0 Å². The molecule has 0 radical (unpaired) electrons. The Kier molecular flexibility index (Phi) is 2.91. The van der Waals surface area contributed by atoms with Crippen LogP contribution in [0.2, 0.25) is 0 Å². The number of hydrogen-bond donors (Lipinski definition) is 2. The van der Waals surface area contributed by atoms with Crippen LogP contribution in [0.25, 0.3) is 0 Å². The summed E-state index contributed by atoms with van der Waals surface area (Å²) < 4.78 is 6.82. The van der Waals surface area contributed by atoms with Gasteiger partial charge in [-0.25, -0.2) is 4.68 Å². The number of anilines is 3. The molecule has 1 aromatic carbocycles. The molecule has 0 atom stereocenters. The smallest absolute Gasteiger partial charge is 0.213 e. The van der Waals surface area contributed by atoms with Gasteiger partial charge in [0.05, 0.1) is 7.11 Å². The average molecular weight is 232 g/mol. The van der Waals surface area contributed by atoms with E-state index < -0.39 is 0 Å². The second kappa shape index (κ2) is 4.37. The summed E-state index contributed by atoms with van der Waals surface area (Å²) in [5.41, 5.74) is 8.55. The first kappa shape index (κ1) is 11.3. The van der Waals surface area contributed by atoms with Gasteiger partial charge in [-0.05, 0) is 30.7 Å². The molecule has 0 saturated carbocycles. The highest BCUT2D eigenvalue weighted by Gasteiger charge is 2.05. The van der Waals surface area contributed by atoms with Gasteiger partial charge in [-0.3, -0.25) is 0 Å². The van der Waals surface area contributed by atoms with E-state index in [1.54, 1.807) is 11.8 Å². The fraction of sp³-hybridized carbons (Fsp3) is 0.250. The largest absolute Gasteiger partial charge is 0.481 e. The number of ether oxygens (including phenoxy) is 1. The summed E-state index contributed by atoms with van der Waals surface area (Å²) in [6.07, 6.45) is 0. The molecule has 0 spiro atoms. The van der Waals surface area contributed by atoms with Crippen molar-refractivity contribution in [2.45, 2.75) is 6.92 Å². The maximum absolute atomic E-state index is 5.76. The van der Waals surface area contributed by atoms with Gasteiger partial charge in [-0.1, -0.05) is 0 Å².